The van der Waals surface area contributed by atoms with E-state index >= 15 is 0 Å². The number of anilines is 1. The minimum Gasteiger partial charge on any atom is -0.508 e. The van der Waals surface area contributed by atoms with Gasteiger partial charge in [-0.15, -0.1) is 0 Å². The van der Waals surface area contributed by atoms with Crippen molar-refractivity contribution in [3.63, 3.8) is 0 Å². The zero-order valence-electron chi connectivity index (χ0n) is 25.8. The zero-order chi connectivity index (χ0) is 36.4. The van der Waals surface area contributed by atoms with Crippen molar-refractivity contribution in [2.24, 2.45) is 0 Å². The molecule has 4 aromatic carbocycles. The number of nitrogens with one attached hydrogen (secondary N) is 2. The Morgan fingerprint density at radius 1 is 0.902 bits per heavy atom. The summed E-state index contributed by atoms with van der Waals surface area (Å²) in [5.74, 6) is 0.585. The van der Waals surface area contributed by atoms with Crippen LogP contribution in [0.15, 0.2) is 94.1 Å². The maximum Gasteiger partial charge on any atom is 0.326 e. The van der Waals surface area contributed by atoms with Crippen molar-refractivity contribution >= 4 is 114 Å². The van der Waals surface area contributed by atoms with Crippen molar-refractivity contribution in [1.82, 2.24) is 5.32 Å². The average molecular weight is 1040 g/mol. The van der Waals surface area contributed by atoms with Gasteiger partial charge in [-0.05, 0) is 152 Å². The molecule has 1 unspecified atom stereocenters. The molecule has 0 saturated carbocycles. The van der Waals surface area contributed by atoms with Crippen LogP contribution in [0.1, 0.15) is 5.56 Å². The SMILES string of the molecule is O=COc1cc(NC(=S)NC(Cc2cc(I)c(Oc3ccc(O)c(I)c3)c(I)c2)C(=O)O)ccc1-c1c2ccc(=O)cc-2oc2cc(O)ccc12. The number of aliphatic carboxylic acids is 1. The molecule has 11 nitrogen and oxygen atoms in total. The van der Waals surface area contributed by atoms with Crippen LogP contribution in [-0.4, -0.2) is 38.9 Å². The fourth-order valence-corrected chi connectivity index (χ4v) is 8.23. The summed E-state index contributed by atoms with van der Waals surface area (Å²) in [6.45, 7) is 0.281. The lowest BCUT2D eigenvalue weighted by Gasteiger charge is -2.20. The number of halogens is 3. The number of fused-ring (bicyclic) bond motifs is 2. The van der Waals surface area contributed by atoms with E-state index in [1.807, 2.05) is 34.7 Å². The van der Waals surface area contributed by atoms with Crippen LogP contribution >= 0.6 is 80.0 Å². The fourth-order valence-electron chi connectivity index (χ4n) is 5.36. The van der Waals surface area contributed by atoms with E-state index in [0.29, 0.717) is 48.4 Å². The second-order valence-corrected chi connectivity index (χ2v) is 14.9. The molecule has 1 heterocycles. The number of phenolic OH excluding ortho intramolecular Hbond substituents is 2. The van der Waals surface area contributed by atoms with Gasteiger partial charge in [0.2, 0.25) is 0 Å². The second-order valence-electron chi connectivity index (χ2n) is 11.0. The van der Waals surface area contributed by atoms with Crippen LogP contribution in [0.4, 0.5) is 5.69 Å². The van der Waals surface area contributed by atoms with E-state index in [2.05, 4.69) is 55.8 Å². The molecule has 2 aliphatic rings. The number of hydrogen-bond acceptors (Lipinski definition) is 9. The summed E-state index contributed by atoms with van der Waals surface area (Å²) in [4.78, 5) is 36.1. The molecule has 1 aliphatic heterocycles. The zero-order valence-corrected chi connectivity index (χ0v) is 33.1. The van der Waals surface area contributed by atoms with Crippen LogP contribution in [0.5, 0.6) is 28.7 Å². The van der Waals surface area contributed by atoms with Crippen molar-refractivity contribution in [3.05, 3.63) is 111 Å². The third-order valence-electron chi connectivity index (χ3n) is 7.60. The van der Waals surface area contributed by atoms with Crippen LogP contribution in [0.25, 0.3) is 33.4 Å². The van der Waals surface area contributed by atoms with E-state index in [0.717, 1.165) is 12.7 Å². The summed E-state index contributed by atoms with van der Waals surface area (Å²) in [6, 6.07) is 21.4. The normalized spacial score (nSPS) is 11.6. The van der Waals surface area contributed by atoms with Gasteiger partial charge in [0.1, 0.15) is 40.4 Å². The number of benzene rings is 5. The molecule has 15 heteroatoms. The lowest BCUT2D eigenvalue weighted by atomic mass is 9.93. The predicted molar refractivity (Wildman–Crippen MR) is 220 cm³/mol. The Kier molecular flexibility index (Phi) is 11.2. The number of thiocarbonyl (C=S) groups is 1. The number of phenols is 2. The Balaban J connectivity index is 1.23. The Morgan fingerprint density at radius 3 is 2.35 bits per heavy atom. The summed E-state index contributed by atoms with van der Waals surface area (Å²) >= 11 is 11.8. The number of carbonyl (C=O) groups excluding carboxylic acids is 1. The molecule has 0 saturated heterocycles. The van der Waals surface area contributed by atoms with Crippen LogP contribution in [0, 0.1) is 10.7 Å². The molecule has 0 bridgehead atoms. The van der Waals surface area contributed by atoms with E-state index in [1.165, 1.54) is 30.3 Å². The largest absolute Gasteiger partial charge is 0.508 e. The Hall–Kier alpha value is -4.21. The van der Waals surface area contributed by atoms with Crippen molar-refractivity contribution in [3.8, 4) is 51.2 Å². The molecule has 0 fully saturated rings. The molecule has 0 spiro atoms. The first-order valence-corrected chi connectivity index (χ1v) is 18.4. The Bertz CT molecular complexity index is 2360. The van der Waals surface area contributed by atoms with E-state index in [4.69, 9.17) is 26.1 Å². The highest BCUT2D eigenvalue weighted by molar-refractivity contribution is 14.1. The van der Waals surface area contributed by atoms with Gasteiger partial charge >= 0.3 is 5.97 Å². The molecule has 6 rings (SSSR count). The van der Waals surface area contributed by atoms with Crippen molar-refractivity contribution < 1.29 is 38.8 Å². The summed E-state index contributed by atoms with van der Waals surface area (Å²) in [5, 5.41) is 36.4. The van der Waals surface area contributed by atoms with Crippen LogP contribution in [0.3, 0.4) is 0 Å². The number of carboxylic acids is 1. The van der Waals surface area contributed by atoms with E-state index < -0.39 is 12.0 Å². The lowest BCUT2D eigenvalue weighted by Crippen LogP contribution is -2.44. The Morgan fingerprint density at radius 2 is 1.65 bits per heavy atom. The summed E-state index contributed by atoms with van der Waals surface area (Å²) in [5.41, 5.74) is 2.84. The first-order valence-electron chi connectivity index (χ1n) is 14.8. The molecular weight excluding hydrogens is 1020 g/mol. The van der Waals surface area contributed by atoms with Crippen LogP contribution < -0.4 is 25.5 Å². The first-order chi connectivity index (χ1) is 24.4. The summed E-state index contributed by atoms with van der Waals surface area (Å²) < 4.78 is 19.6. The maximum atomic E-state index is 12.3. The van der Waals surface area contributed by atoms with Crippen molar-refractivity contribution in [2.75, 3.05) is 5.32 Å². The third-order valence-corrected chi connectivity index (χ3v) is 10.3. The predicted octanol–water partition coefficient (Wildman–Crippen LogP) is 8.10. The van der Waals surface area contributed by atoms with Gasteiger partial charge in [0.15, 0.2) is 16.3 Å². The minimum absolute atomic E-state index is 0.0198. The van der Waals surface area contributed by atoms with Crippen LogP contribution in [0.2, 0.25) is 0 Å². The molecule has 5 N–H and O–H groups in total. The van der Waals surface area contributed by atoms with Crippen molar-refractivity contribution in [2.45, 2.75) is 12.5 Å². The topological polar surface area (TPSA) is 168 Å². The van der Waals surface area contributed by atoms with E-state index in [1.54, 1.807) is 42.5 Å². The van der Waals surface area contributed by atoms with Gasteiger partial charge in [-0.25, -0.2) is 4.79 Å². The molecule has 1 aliphatic carbocycles. The molecular formula is C36H23I3N2O9S. The molecule has 4 aromatic rings. The number of rotatable bonds is 10. The van der Waals surface area contributed by atoms with Crippen LogP contribution in [-0.2, 0) is 16.0 Å². The van der Waals surface area contributed by atoms with E-state index in [9.17, 15) is 29.7 Å². The third kappa shape index (κ3) is 8.31. The molecule has 0 radical (unpaired) electrons. The standard InChI is InChI=1S/C36H23I3N2O9S/c37-25-15-21(4-8-29(25)45)49-34-26(38)9-17(10-27(34)39)11-28(35(46)47)41-36(51)40-18-1-5-22(30(12-18)48-16-42)33-23-6-2-19(43)13-31(23)50-32-14-20(44)3-7-24(32)33/h1-10,12-16,28,43,45H,11H2,(H,46,47)(H2,40,41,51). The lowest BCUT2D eigenvalue weighted by molar-refractivity contribution is -0.139. The molecule has 258 valence electrons. The second kappa shape index (κ2) is 15.6. The molecule has 0 amide bonds. The minimum atomic E-state index is -1.12. The molecule has 51 heavy (non-hydrogen) atoms. The number of hydrogen-bond donors (Lipinski definition) is 5. The monoisotopic (exact) mass is 1040 g/mol. The summed E-state index contributed by atoms with van der Waals surface area (Å²) in [7, 11) is 0. The quantitative estimate of drug-likeness (QED) is 0.0388. The molecule has 1 atom stereocenters. The van der Waals surface area contributed by atoms with Gasteiger partial charge in [0, 0.05) is 52.4 Å². The van der Waals surface area contributed by atoms with Crippen molar-refractivity contribution in [1.29, 1.82) is 0 Å². The van der Waals surface area contributed by atoms with Gasteiger partial charge in [0.25, 0.3) is 6.47 Å². The number of carboxylic acid groups (broad SMARTS) is 1. The van der Waals surface area contributed by atoms with Gasteiger partial charge in [-0.3, -0.25) is 9.59 Å². The highest BCUT2D eigenvalue weighted by Crippen LogP contribution is 2.44. The van der Waals surface area contributed by atoms with Gasteiger partial charge in [-0.2, -0.15) is 0 Å². The fraction of sp³-hybridized carbons (Fsp3) is 0.0556. The summed E-state index contributed by atoms with van der Waals surface area (Å²) in [6.07, 6.45) is 0.0961. The van der Waals surface area contributed by atoms with Gasteiger partial charge < -0.3 is 39.8 Å². The molecule has 0 aromatic heterocycles. The highest BCUT2D eigenvalue weighted by Gasteiger charge is 2.23. The average Bonchev–Trinajstić information content (AvgIpc) is 3.07. The number of carbonyl (C=O) groups is 2. The first kappa shape index (κ1) is 36.6. The Labute approximate surface area is 335 Å². The number of aromatic hydroxyl groups is 2. The smallest absolute Gasteiger partial charge is 0.326 e. The highest BCUT2D eigenvalue weighted by atomic mass is 127. The maximum absolute atomic E-state index is 12.3. The number of ether oxygens (including phenoxy) is 2. The van der Waals surface area contributed by atoms with E-state index in [-0.39, 0.29) is 46.4 Å². The van der Waals surface area contributed by atoms with Gasteiger partial charge in [-0.1, -0.05) is 0 Å². The van der Waals surface area contributed by atoms with Gasteiger partial charge in [0.05, 0.1) is 10.7 Å².